The lowest BCUT2D eigenvalue weighted by Gasteiger charge is -2.32. The number of rotatable bonds is 8. The van der Waals surface area contributed by atoms with Gasteiger partial charge in [0.2, 0.25) is 0 Å². The van der Waals surface area contributed by atoms with Gasteiger partial charge in [-0.25, -0.2) is 4.79 Å². The fraction of sp³-hybridized carbons (Fsp3) is 0.588. The van der Waals surface area contributed by atoms with Crippen LogP contribution in [0.3, 0.4) is 0 Å². The number of carbonyl (C=O) groups is 1. The smallest absolute Gasteiger partial charge is 0.329 e. The summed E-state index contributed by atoms with van der Waals surface area (Å²) in [6.45, 7) is 6.53. The summed E-state index contributed by atoms with van der Waals surface area (Å²) in [4.78, 5) is 12.1. The number of carboxylic acid groups (broad SMARTS) is 1. The summed E-state index contributed by atoms with van der Waals surface area (Å²) in [5.74, 6) is 0.324. The van der Waals surface area contributed by atoms with E-state index in [0.717, 1.165) is 18.4 Å². The first kappa shape index (κ1) is 16.4. The van der Waals surface area contributed by atoms with Gasteiger partial charge in [-0.2, -0.15) is 11.8 Å². The first-order valence-corrected chi connectivity index (χ1v) is 8.69. The third-order valence-electron chi connectivity index (χ3n) is 4.16. The van der Waals surface area contributed by atoms with Gasteiger partial charge in [-0.05, 0) is 24.3 Å². The topological polar surface area (TPSA) is 49.3 Å². The van der Waals surface area contributed by atoms with Gasteiger partial charge in [0.05, 0.1) is 0 Å². The fourth-order valence-electron chi connectivity index (χ4n) is 2.20. The highest BCUT2D eigenvalue weighted by molar-refractivity contribution is 8.00. The lowest BCUT2D eigenvalue weighted by Crippen LogP contribution is -2.52. The molecule has 3 nitrogen and oxygen atoms in total. The van der Waals surface area contributed by atoms with Gasteiger partial charge in [0.25, 0.3) is 0 Å². The van der Waals surface area contributed by atoms with E-state index in [0.29, 0.717) is 23.0 Å². The van der Waals surface area contributed by atoms with Crippen LogP contribution in [0.15, 0.2) is 30.3 Å². The minimum absolute atomic E-state index is 0.344. The Labute approximate surface area is 131 Å². The van der Waals surface area contributed by atoms with Crippen LogP contribution in [0.2, 0.25) is 0 Å². The van der Waals surface area contributed by atoms with Crippen molar-refractivity contribution in [2.75, 3.05) is 5.75 Å². The molecule has 0 heterocycles. The highest BCUT2D eigenvalue weighted by Crippen LogP contribution is 2.34. The summed E-state index contributed by atoms with van der Waals surface area (Å²) >= 11 is 1.74. The van der Waals surface area contributed by atoms with E-state index in [1.54, 1.807) is 11.8 Å². The summed E-state index contributed by atoms with van der Waals surface area (Å²) in [6.07, 6.45) is 2.15. The van der Waals surface area contributed by atoms with Crippen LogP contribution >= 0.6 is 11.8 Å². The average molecular weight is 307 g/mol. The first-order valence-electron chi connectivity index (χ1n) is 7.64. The van der Waals surface area contributed by atoms with Crippen molar-refractivity contribution in [3.63, 3.8) is 0 Å². The third-order valence-corrected chi connectivity index (χ3v) is 5.83. The first-order chi connectivity index (χ1) is 9.95. The molecule has 0 aliphatic heterocycles. The van der Waals surface area contributed by atoms with Crippen molar-refractivity contribution in [1.82, 2.24) is 5.32 Å². The van der Waals surface area contributed by atoms with Crippen LogP contribution in [-0.4, -0.2) is 28.1 Å². The normalized spacial score (nSPS) is 19.2. The Balaban J connectivity index is 2.25. The van der Waals surface area contributed by atoms with Gasteiger partial charge < -0.3 is 5.11 Å². The average Bonchev–Trinajstić information content (AvgIpc) is 3.27. The molecule has 2 N–H and O–H groups in total. The number of hydrogen-bond acceptors (Lipinski definition) is 3. The molecule has 1 saturated carbocycles. The van der Waals surface area contributed by atoms with Gasteiger partial charge in [-0.1, -0.05) is 51.1 Å². The zero-order chi connectivity index (χ0) is 15.5. The molecule has 0 bridgehead atoms. The van der Waals surface area contributed by atoms with Crippen LogP contribution in [0.5, 0.6) is 0 Å². The zero-order valence-electron chi connectivity index (χ0n) is 13.0. The predicted molar refractivity (Wildman–Crippen MR) is 88.7 cm³/mol. The SMILES string of the molecule is CC(C)C(C)SCC(NC1CC1)(C(=O)O)c1ccccc1. The van der Waals surface area contributed by atoms with E-state index >= 15 is 0 Å². The molecule has 21 heavy (non-hydrogen) atoms. The molecule has 1 fully saturated rings. The Morgan fingerprint density at radius 1 is 1.33 bits per heavy atom. The summed E-state index contributed by atoms with van der Waals surface area (Å²) in [5.41, 5.74) is -0.121. The van der Waals surface area contributed by atoms with Crippen molar-refractivity contribution in [2.24, 2.45) is 5.92 Å². The molecule has 2 rings (SSSR count). The van der Waals surface area contributed by atoms with Crippen LogP contribution in [0.1, 0.15) is 39.2 Å². The van der Waals surface area contributed by atoms with E-state index in [2.05, 4.69) is 26.1 Å². The molecule has 4 heteroatoms. The van der Waals surface area contributed by atoms with Crippen molar-refractivity contribution in [3.8, 4) is 0 Å². The Hall–Kier alpha value is -1.00. The van der Waals surface area contributed by atoms with E-state index in [-0.39, 0.29) is 0 Å². The largest absolute Gasteiger partial charge is 0.480 e. The zero-order valence-corrected chi connectivity index (χ0v) is 13.8. The molecular formula is C17H25NO2S. The van der Waals surface area contributed by atoms with Crippen molar-refractivity contribution in [3.05, 3.63) is 35.9 Å². The van der Waals surface area contributed by atoms with Gasteiger partial charge in [-0.15, -0.1) is 0 Å². The Kier molecular flexibility index (Phi) is 5.33. The number of hydrogen-bond donors (Lipinski definition) is 2. The highest BCUT2D eigenvalue weighted by atomic mass is 32.2. The molecule has 0 saturated heterocycles. The van der Waals surface area contributed by atoms with Crippen LogP contribution in [0, 0.1) is 5.92 Å². The number of aliphatic carboxylic acids is 1. The van der Waals surface area contributed by atoms with Crippen molar-refractivity contribution in [2.45, 2.75) is 50.4 Å². The molecule has 1 aromatic carbocycles. The molecule has 1 aromatic rings. The second-order valence-corrected chi connectivity index (χ2v) is 7.62. The lowest BCUT2D eigenvalue weighted by atomic mass is 9.91. The third kappa shape index (κ3) is 4.01. The van der Waals surface area contributed by atoms with Crippen LogP contribution in [0.25, 0.3) is 0 Å². The van der Waals surface area contributed by atoms with Crippen LogP contribution < -0.4 is 5.32 Å². The molecule has 0 spiro atoms. The molecule has 0 amide bonds. The lowest BCUT2D eigenvalue weighted by molar-refractivity contribution is -0.144. The molecule has 2 unspecified atom stereocenters. The van der Waals surface area contributed by atoms with Crippen molar-refractivity contribution >= 4 is 17.7 Å². The number of carboxylic acids is 1. The molecular weight excluding hydrogens is 282 g/mol. The van der Waals surface area contributed by atoms with Gasteiger partial charge in [-0.3, -0.25) is 5.32 Å². The van der Waals surface area contributed by atoms with Gasteiger partial charge in [0.15, 0.2) is 5.54 Å². The summed E-state index contributed by atoms with van der Waals surface area (Å²) < 4.78 is 0. The predicted octanol–water partition coefficient (Wildman–Crippen LogP) is 3.50. The second-order valence-electron chi connectivity index (χ2n) is 6.26. The van der Waals surface area contributed by atoms with E-state index in [1.807, 2.05) is 30.3 Å². The molecule has 2 atom stereocenters. The Morgan fingerprint density at radius 2 is 1.95 bits per heavy atom. The van der Waals surface area contributed by atoms with Gasteiger partial charge in [0.1, 0.15) is 0 Å². The standard InChI is InChI=1S/C17H25NO2S/c1-12(2)13(3)21-11-17(16(19)20,18-15-9-10-15)14-7-5-4-6-8-14/h4-8,12-13,15,18H,9-11H2,1-3H3,(H,19,20). The maximum absolute atomic E-state index is 12.1. The summed E-state index contributed by atoms with van der Waals surface area (Å²) in [6, 6.07) is 9.94. The number of nitrogens with one attached hydrogen (secondary N) is 1. The molecule has 1 aliphatic carbocycles. The number of benzene rings is 1. The highest BCUT2D eigenvalue weighted by Gasteiger charge is 2.44. The maximum Gasteiger partial charge on any atom is 0.329 e. The van der Waals surface area contributed by atoms with Gasteiger partial charge in [0, 0.05) is 17.0 Å². The van der Waals surface area contributed by atoms with Crippen molar-refractivity contribution in [1.29, 1.82) is 0 Å². The second kappa shape index (κ2) is 6.84. The van der Waals surface area contributed by atoms with Crippen molar-refractivity contribution < 1.29 is 9.90 Å². The van der Waals surface area contributed by atoms with Gasteiger partial charge >= 0.3 is 5.97 Å². The van der Waals surface area contributed by atoms with E-state index < -0.39 is 11.5 Å². The van der Waals surface area contributed by atoms with E-state index in [9.17, 15) is 9.90 Å². The minimum atomic E-state index is -0.976. The number of thioether (sulfide) groups is 1. The fourth-order valence-corrected chi connectivity index (χ4v) is 3.47. The Bertz CT molecular complexity index is 473. The minimum Gasteiger partial charge on any atom is -0.480 e. The molecule has 0 aromatic heterocycles. The monoisotopic (exact) mass is 307 g/mol. The molecule has 1 aliphatic rings. The molecule has 0 radical (unpaired) electrons. The quantitative estimate of drug-likeness (QED) is 0.772. The maximum atomic E-state index is 12.1. The Morgan fingerprint density at radius 3 is 2.43 bits per heavy atom. The summed E-state index contributed by atoms with van der Waals surface area (Å²) in [5, 5.41) is 13.8. The van der Waals surface area contributed by atoms with Crippen LogP contribution in [-0.2, 0) is 10.3 Å². The van der Waals surface area contributed by atoms with E-state index in [4.69, 9.17) is 0 Å². The van der Waals surface area contributed by atoms with E-state index in [1.165, 1.54) is 0 Å². The molecule has 116 valence electrons. The summed E-state index contributed by atoms with van der Waals surface area (Å²) in [7, 11) is 0. The van der Waals surface area contributed by atoms with Crippen LogP contribution in [0.4, 0.5) is 0 Å².